The van der Waals surface area contributed by atoms with Crippen LogP contribution in [0.1, 0.15) is 26.2 Å². The number of β-amino-alcohol motifs (C(OH)–C–C–N with tert-alkyl or cyclic N) is 1. The van der Waals surface area contributed by atoms with Gasteiger partial charge in [-0.05, 0) is 26.2 Å². The molecule has 2 heteroatoms. The molecule has 0 spiro atoms. The lowest BCUT2D eigenvalue weighted by atomic mass is 10.1. The summed E-state index contributed by atoms with van der Waals surface area (Å²) in [6.45, 7) is 2.94. The highest BCUT2D eigenvalue weighted by molar-refractivity contribution is 4.70. The SMILES string of the molecule is CC1CCCC(O)CN1. The lowest BCUT2D eigenvalue weighted by Gasteiger charge is -2.08. The Morgan fingerprint density at radius 1 is 1.44 bits per heavy atom. The lowest BCUT2D eigenvalue weighted by molar-refractivity contribution is 0.167. The van der Waals surface area contributed by atoms with Gasteiger partial charge in [0.05, 0.1) is 6.10 Å². The standard InChI is InChI=1S/C7H15NO/c1-6-3-2-4-7(9)5-8-6/h6-9H,2-5H2,1H3. The minimum atomic E-state index is -0.102. The summed E-state index contributed by atoms with van der Waals surface area (Å²) in [6, 6.07) is 0.599. The number of aliphatic hydroxyl groups is 1. The third kappa shape index (κ3) is 2.33. The van der Waals surface area contributed by atoms with Crippen LogP contribution in [0.4, 0.5) is 0 Å². The summed E-state index contributed by atoms with van der Waals surface area (Å²) < 4.78 is 0. The maximum absolute atomic E-state index is 9.14. The Bertz CT molecular complexity index is 75.0. The highest BCUT2D eigenvalue weighted by atomic mass is 16.3. The molecule has 1 fully saturated rings. The molecule has 0 aromatic rings. The first kappa shape index (κ1) is 7.03. The molecule has 2 atom stereocenters. The van der Waals surface area contributed by atoms with E-state index in [1.165, 1.54) is 6.42 Å². The minimum absolute atomic E-state index is 0.102. The first-order chi connectivity index (χ1) is 4.29. The number of aliphatic hydroxyl groups excluding tert-OH is 1. The molecule has 0 aliphatic carbocycles. The summed E-state index contributed by atoms with van der Waals surface area (Å²) in [5.74, 6) is 0. The Hall–Kier alpha value is -0.0800. The van der Waals surface area contributed by atoms with Crippen LogP contribution in [0, 0.1) is 0 Å². The van der Waals surface area contributed by atoms with Gasteiger partial charge in [-0.1, -0.05) is 0 Å². The smallest absolute Gasteiger partial charge is 0.0664 e. The van der Waals surface area contributed by atoms with Crippen molar-refractivity contribution >= 4 is 0 Å². The van der Waals surface area contributed by atoms with Gasteiger partial charge in [0.1, 0.15) is 0 Å². The second-order valence-corrected chi connectivity index (χ2v) is 2.89. The Morgan fingerprint density at radius 2 is 2.22 bits per heavy atom. The Morgan fingerprint density at radius 3 is 3.00 bits per heavy atom. The molecule has 2 unspecified atom stereocenters. The van der Waals surface area contributed by atoms with Crippen LogP contribution in [0.5, 0.6) is 0 Å². The molecule has 1 aliphatic heterocycles. The third-order valence-corrected chi connectivity index (χ3v) is 1.88. The summed E-state index contributed by atoms with van der Waals surface area (Å²) in [7, 11) is 0. The fourth-order valence-electron chi connectivity index (χ4n) is 1.20. The van der Waals surface area contributed by atoms with Crippen molar-refractivity contribution < 1.29 is 5.11 Å². The Labute approximate surface area is 56.3 Å². The summed E-state index contributed by atoms with van der Waals surface area (Å²) in [5.41, 5.74) is 0. The second kappa shape index (κ2) is 3.18. The van der Waals surface area contributed by atoms with E-state index in [1.807, 2.05) is 0 Å². The monoisotopic (exact) mass is 129 g/mol. The van der Waals surface area contributed by atoms with E-state index < -0.39 is 0 Å². The normalized spacial score (nSPS) is 38.0. The molecule has 54 valence electrons. The highest BCUT2D eigenvalue weighted by Gasteiger charge is 2.11. The molecule has 1 saturated heterocycles. The summed E-state index contributed by atoms with van der Waals surface area (Å²) >= 11 is 0. The molecule has 9 heavy (non-hydrogen) atoms. The van der Waals surface area contributed by atoms with Crippen molar-refractivity contribution in [2.45, 2.75) is 38.3 Å². The molecule has 0 saturated carbocycles. The van der Waals surface area contributed by atoms with E-state index >= 15 is 0 Å². The van der Waals surface area contributed by atoms with Crippen LogP contribution in [-0.4, -0.2) is 23.8 Å². The molecule has 0 aromatic carbocycles. The van der Waals surface area contributed by atoms with E-state index in [4.69, 9.17) is 5.11 Å². The van der Waals surface area contributed by atoms with Gasteiger partial charge < -0.3 is 10.4 Å². The zero-order valence-corrected chi connectivity index (χ0v) is 5.93. The molecule has 1 heterocycles. The number of rotatable bonds is 0. The summed E-state index contributed by atoms with van der Waals surface area (Å²) in [6.07, 6.45) is 3.24. The van der Waals surface area contributed by atoms with E-state index in [2.05, 4.69) is 12.2 Å². The van der Waals surface area contributed by atoms with E-state index in [0.717, 1.165) is 19.4 Å². The predicted octanol–water partition coefficient (Wildman–Crippen LogP) is 0.509. The number of nitrogens with one attached hydrogen (secondary N) is 1. The van der Waals surface area contributed by atoms with Crippen molar-refractivity contribution in [2.75, 3.05) is 6.54 Å². The number of hydrogen-bond acceptors (Lipinski definition) is 2. The summed E-state index contributed by atoms with van der Waals surface area (Å²) in [5, 5.41) is 12.4. The van der Waals surface area contributed by atoms with Gasteiger partial charge in [-0.25, -0.2) is 0 Å². The van der Waals surface area contributed by atoms with Gasteiger partial charge in [0, 0.05) is 12.6 Å². The third-order valence-electron chi connectivity index (χ3n) is 1.88. The molecule has 2 nitrogen and oxygen atoms in total. The zero-order chi connectivity index (χ0) is 6.69. The molecule has 0 aromatic heterocycles. The van der Waals surface area contributed by atoms with E-state index in [-0.39, 0.29) is 6.10 Å². The topological polar surface area (TPSA) is 32.3 Å². The molecule has 0 bridgehead atoms. The van der Waals surface area contributed by atoms with E-state index in [1.54, 1.807) is 0 Å². The maximum atomic E-state index is 9.14. The Kier molecular flexibility index (Phi) is 2.49. The van der Waals surface area contributed by atoms with Gasteiger partial charge in [0.15, 0.2) is 0 Å². The fraction of sp³-hybridized carbons (Fsp3) is 1.00. The van der Waals surface area contributed by atoms with Gasteiger partial charge in [-0.15, -0.1) is 0 Å². The van der Waals surface area contributed by atoms with Crippen molar-refractivity contribution in [2.24, 2.45) is 0 Å². The van der Waals surface area contributed by atoms with Gasteiger partial charge in [0.2, 0.25) is 0 Å². The van der Waals surface area contributed by atoms with Crippen LogP contribution in [0.25, 0.3) is 0 Å². The van der Waals surface area contributed by atoms with Crippen LogP contribution in [-0.2, 0) is 0 Å². The first-order valence-electron chi connectivity index (χ1n) is 3.70. The van der Waals surface area contributed by atoms with Crippen LogP contribution < -0.4 is 5.32 Å². The minimum Gasteiger partial charge on any atom is -0.392 e. The largest absolute Gasteiger partial charge is 0.392 e. The van der Waals surface area contributed by atoms with Gasteiger partial charge in [-0.2, -0.15) is 0 Å². The van der Waals surface area contributed by atoms with Crippen molar-refractivity contribution in [3.8, 4) is 0 Å². The second-order valence-electron chi connectivity index (χ2n) is 2.89. The van der Waals surface area contributed by atoms with Gasteiger partial charge >= 0.3 is 0 Å². The molecule has 0 radical (unpaired) electrons. The summed E-state index contributed by atoms with van der Waals surface area (Å²) in [4.78, 5) is 0. The van der Waals surface area contributed by atoms with E-state index in [9.17, 15) is 0 Å². The number of hydrogen-bond donors (Lipinski definition) is 2. The molecule has 0 amide bonds. The van der Waals surface area contributed by atoms with Crippen molar-refractivity contribution in [1.29, 1.82) is 0 Å². The molecule has 1 rings (SSSR count). The van der Waals surface area contributed by atoms with Gasteiger partial charge in [-0.3, -0.25) is 0 Å². The molecule has 2 N–H and O–H groups in total. The maximum Gasteiger partial charge on any atom is 0.0664 e. The lowest BCUT2D eigenvalue weighted by Crippen LogP contribution is -2.30. The molecular weight excluding hydrogens is 114 g/mol. The molecule has 1 aliphatic rings. The first-order valence-corrected chi connectivity index (χ1v) is 3.70. The van der Waals surface area contributed by atoms with Crippen molar-refractivity contribution in [1.82, 2.24) is 5.32 Å². The van der Waals surface area contributed by atoms with Crippen LogP contribution in [0.3, 0.4) is 0 Å². The quantitative estimate of drug-likeness (QED) is 0.499. The van der Waals surface area contributed by atoms with E-state index in [0.29, 0.717) is 6.04 Å². The Balaban J connectivity index is 2.25. The van der Waals surface area contributed by atoms with Gasteiger partial charge in [0.25, 0.3) is 0 Å². The highest BCUT2D eigenvalue weighted by Crippen LogP contribution is 2.07. The average molecular weight is 129 g/mol. The molecular formula is C7H15NO. The van der Waals surface area contributed by atoms with Crippen LogP contribution >= 0.6 is 0 Å². The van der Waals surface area contributed by atoms with Crippen molar-refractivity contribution in [3.63, 3.8) is 0 Å². The average Bonchev–Trinajstić information content (AvgIpc) is 1.97. The fourth-order valence-corrected chi connectivity index (χ4v) is 1.20. The predicted molar refractivity (Wildman–Crippen MR) is 37.3 cm³/mol. The zero-order valence-electron chi connectivity index (χ0n) is 5.93. The van der Waals surface area contributed by atoms with Crippen molar-refractivity contribution in [3.05, 3.63) is 0 Å². The van der Waals surface area contributed by atoms with Crippen LogP contribution in [0.15, 0.2) is 0 Å². The van der Waals surface area contributed by atoms with Crippen LogP contribution in [0.2, 0.25) is 0 Å².